The molecule has 1 aromatic heterocycles. The third-order valence-electron chi connectivity index (χ3n) is 3.04. The number of benzene rings is 1. The van der Waals surface area contributed by atoms with Gasteiger partial charge in [0, 0.05) is 17.5 Å². The van der Waals surface area contributed by atoms with Gasteiger partial charge in [0.2, 0.25) is 5.91 Å². The minimum Gasteiger partial charge on any atom is -0.399 e. The van der Waals surface area contributed by atoms with E-state index in [1.807, 2.05) is 29.6 Å². The molecular weight excluding hydrogens is 306 g/mol. The van der Waals surface area contributed by atoms with Crippen LogP contribution in [0, 0.1) is 0 Å². The van der Waals surface area contributed by atoms with Gasteiger partial charge >= 0.3 is 0 Å². The lowest BCUT2D eigenvalue weighted by Gasteiger charge is -2.05. The molecule has 0 aliphatic heterocycles. The number of amides is 1. The van der Waals surface area contributed by atoms with E-state index in [0.29, 0.717) is 23.9 Å². The highest BCUT2D eigenvalue weighted by Gasteiger charge is 2.09. The first-order valence-corrected chi connectivity index (χ1v) is 7.53. The molecule has 2 aromatic rings. The molecule has 2 rings (SSSR count). The molecule has 0 unspecified atom stereocenters. The smallest absolute Gasteiger partial charge is 0.226 e. The summed E-state index contributed by atoms with van der Waals surface area (Å²) in [5, 5.41) is 5.48. The van der Waals surface area contributed by atoms with Crippen molar-refractivity contribution in [3.63, 3.8) is 0 Å². The maximum absolute atomic E-state index is 11.9. The second-order valence-corrected chi connectivity index (χ2v) is 5.84. The summed E-state index contributed by atoms with van der Waals surface area (Å²) >= 11 is 1.46. The molecule has 6 heteroatoms. The van der Waals surface area contributed by atoms with Gasteiger partial charge < -0.3 is 11.1 Å². The number of nitrogen functional groups attached to an aromatic ring is 1. The van der Waals surface area contributed by atoms with Crippen LogP contribution in [0.3, 0.4) is 0 Å². The molecular formula is C15H20ClN3OS. The number of nitrogens with one attached hydrogen (secondary N) is 1. The third-order valence-corrected chi connectivity index (χ3v) is 3.81. The van der Waals surface area contributed by atoms with Crippen molar-refractivity contribution in [2.75, 3.05) is 11.1 Å². The fraction of sp³-hybridized carbons (Fsp3) is 0.333. The summed E-state index contributed by atoms with van der Waals surface area (Å²) in [7, 11) is 0. The molecule has 0 atom stereocenters. The van der Waals surface area contributed by atoms with Crippen molar-refractivity contribution >= 4 is 40.5 Å². The van der Waals surface area contributed by atoms with Crippen LogP contribution in [-0.2, 0) is 11.2 Å². The number of aryl methyl sites for hydroxylation is 1. The van der Waals surface area contributed by atoms with Gasteiger partial charge in [0.05, 0.1) is 5.69 Å². The summed E-state index contributed by atoms with van der Waals surface area (Å²) in [6, 6.07) is 7.62. The molecule has 3 N–H and O–H groups in total. The number of carbonyl (C=O) groups is 1. The van der Waals surface area contributed by atoms with E-state index in [2.05, 4.69) is 24.1 Å². The topological polar surface area (TPSA) is 68.0 Å². The normalized spacial score (nSPS) is 10.2. The highest BCUT2D eigenvalue weighted by atomic mass is 35.5. The molecule has 4 nitrogen and oxygen atoms in total. The van der Waals surface area contributed by atoms with Crippen molar-refractivity contribution in [3.05, 3.63) is 40.9 Å². The van der Waals surface area contributed by atoms with Gasteiger partial charge in [0.15, 0.2) is 5.13 Å². The Hall–Kier alpha value is -1.59. The SMILES string of the molecule is CC(C)c1csc(NC(=O)CCc2ccccc2N)n1.Cl. The lowest BCUT2D eigenvalue weighted by Crippen LogP contribution is -2.12. The van der Waals surface area contributed by atoms with Crippen LogP contribution in [0.5, 0.6) is 0 Å². The number of aromatic nitrogens is 1. The van der Waals surface area contributed by atoms with Crippen LogP contribution in [-0.4, -0.2) is 10.9 Å². The zero-order chi connectivity index (χ0) is 14.5. The number of para-hydroxylation sites is 1. The van der Waals surface area contributed by atoms with E-state index in [4.69, 9.17) is 5.73 Å². The molecule has 0 saturated heterocycles. The third kappa shape index (κ3) is 5.02. The minimum atomic E-state index is -0.0297. The van der Waals surface area contributed by atoms with Crippen molar-refractivity contribution in [2.24, 2.45) is 0 Å². The fourth-order valence-corrected chi connectivity index (χ4v) is 2.69. The number of nitrogens with zero attached hydrogens (tertiary/aromatic N) is 1. The Morgan fingerprint density at radius 1 is 1.38 bits per heavy atom. The highest BCUT2D eigenvalue weighted by Crippen LogP contribution is 2.21. The molecule has 0 spiro atoms. The van der Waals surface area contributed by atoms with Gasteiger partial charge in [-0.05, 0) is 24.0 Å². The second kappa shape index (κ2) is 8.00. The van der Waals surface area contributed by atoms with Crippen molar-refractivity contribution in [2.45, 2.75) is 32.6 Å². The molecule has 114 valence electrons. The largest absolute Gasteiger partial charge is 0.399 e. The van der Waals surface area contributed by atoms with E-state index in [0.717, 1.165) is 16.9 Å². The average Bonchev–Trinajstić information content (AvgIpc) is 2.86. The van der Waals surface area contributed by atoms with Gasteiger partial charge in [-0.1, -0.05) is 32.0 Å². The molecule has 0 saturated carbocycles. The number of anilines is 2. The summed E-state index contributed by atoms with van der Waals surface area (Å²) in [6.07, 6.45) is 1.05. The molecule has 0 radical (unpaired) electrons. The van der Waals surface area contributed by atoms with Crippen LogP contribution in [0.4, 0.5) is 10.8 Å². The summed E-state index contributed by atoms with van der Waals surface area (Å²) in [5.41, 5.74) is 8.60. The molecule has 0 aliphatic carbocycles. The van der Waals surface area contributed by atoms with Gasteiger partial charge in [-0.2, -0.15) is 0 Å². The van der Waals surface area contributed by atoms with E-state index in [1.54, 1.807) is 0 Å². The van der Waals surface area contributed by atoms with E-state index in [-0.39, 0.29) is 18.3 Å². The number of rotatable bonds is 5. The number of hydrogen-bond donors (Lipinski definition) is 2. The van der Waals surface area contributed by atoms with Crippen molar-refractivity contribution in [1.29, 1.82) is 0 Å². The number of carbonyl (C=O) groups excluding carboxylic acids is 1. The predicted octanol–water partition coefficient (Wildman–Crippen LogP) is 3.84. The van der Waals surface area contributed by atoms with E-state index in [9.17, 15) is 4.79 Å². The lowest BCUT2D eigenvalue weighted by atomic mass is 10.1. The standard InChI is InChI=1S/C15H19N3OS.ClH/c1-10(2)13-9-20-15(17-13)18-14(19)8-7-11-5-3-4-6-12(11)16;/h3-6,9-10H,7-8,16H2,1-2H3,(H,17,18,19);1H. The van der Waals surface area contributed by atoms with Gasteiger partial charge in [0.25, 0.3) is 0 Å². The molecule has 1 aromatic carbocycles. The Balaban J connectivity index is 0.00000220. The first kappa shape index (κ1) is 17.5. The lowest BCUT2D eigenvalue weighted by molar-refractivity contribution is -0.116. The Labute approximate surface area is 135 Å². The number of hydrogen-bond acceptors (Lipinski definition) is 4. The molecule has 0 fully saturated rings. The summed E-state index contributed by atoms with van der Waals surface area (Å²) in [6.45, 7) is 4.16. The molecule has 21 heavy (non-hydrogen) atoms. The first-order chi connectivity index (χ1) is 9.56. The average molecular weight is 326 g/mol. The molecule has 0 bridgehead atoms. The number of nitrogens with two attached hydrogens (primary N) is 1. The summed E-state index contributed by atoms with van der Waals surface area (Å²) < 4.78 is 0. The highest BCUT2D eigenvalue weighted by molar-refractivity contribution is 7.13. The predicted molar refractivity (Wildman–Crippen MR) is 91.3 cm³/mol. The van der Waals surface area contributed by atoms with Crippen LogP contribution in [0.25, 0.3) is 0 Å². The van der Waals surface area contributed by atoms with Gasteiger partial charge in [-0.3, -0.25) is 4.79 Å². The van der Waals surface area contributed by atoms with Crippen molar-refractivity contribution in [1.82, 2.24) is 4.98 Å². The van der Waals surface area contributed by atoms with E-state index < -0.39 is 0 Å². The van der Waals surface area contributed by atoms with Crippen molar-refractivity contribution < 1.29 is 4.79 Å². The van der Waals surface area contributed by atoms with Crippen LogP contribution in [0.15, 0.2) is 29.6 Å². The van der Waals surface area contributed by atoms with Crippen molar-refractivity contribution in [3.8, 4) is 0 Å². The van der Waals surface area contributed by atoms with Gasteiger partial charge in [0.1, 0.15) is 0 Å². The molecule has 1 amide bonds. The van der Waals surface area contributed by atoms with E-state index in [1.165, 1.54) is 11.3 Å². The summed E-state index contributed by atoms with van der Waals surface area (Å²) in [4.78, 5) is 16.3. The maximum atomic E-state index is 11.9. The van der Waals surface area contributed by atoms with Crippen LogP contribution < -0.4 is 11.1 Å². The van der Waals surface area contributed by atoms with Crippen LogP contribution in [0.1, 0.15) is 37.4 Å². The Morgan fingerprint density at radius 3 is 2.71 bits per heavy atom. The fourth-order valence-electron chi connectivity index (χ4n) is 1.80. The number of halogens is 1. The first-order valence-electron chi connectivity index (χ1n) is 6.65. The van der Waals surface area contributed by atoms with Crippen LogP contribution in [0.2, 0.25) is 0 Å². The Kier molecular flexibility index (Phi) is 6.65. The molecule has 1 heterocycles. The van der Waals surface area contributed by atoms with Gasteiger partial charge in [-0.15, -0.1) is 23.7 Å². The van der Waals surface area contributed by atoms with Crippen LogP contribution >= 0.6 is 23.7 Å². The van der Waals surface area contributed by atoms with Gasteiger partial charge in [-0.25, -0.2) is 4.98 Å². The number of thiazole rings is 1. The quantitative estimate of drug-likeness (QED) is 0.821. The Morgan fingerprint density at radius 2 is 2.10 bits per heavy atom. The molecule has 0 aliphatic rings. The second-order valence-electron chi connectivity index (χ2n) is 4.98. The zero-order valence-corrected chi connectivity index (χ0v) is 13.8. The monoisotopic (exact) mass is 325 g/mol. The minimum absolute atomic E-state index is 0. The van der Waals surface area contributed by atoms with E-state index >= 15 is 0 Å². The Bertz CT molecular complexity index is 598. The maximum Gasteiger partial charge on any atom is 0.226 e. The summed E-state index contributed by atoms with van der Waals surface area (Å²) in [5.74, 6) is 0.346. The zero-order valence-electron chi connectivity index (χ0n) is 12.1.